The largest absolute Gasteiger partial charge is 0.328 e. The number of hydrogen-bond donors (Lipinski definition) is 0. The molecule has 0 saturated carbocycles. The van der Waals surface area contributed by atoms with Crippen molar-refractivity contribution in [3.05, 3.63) is 167 Å². The van der Waals surface area contributed by atoms with Crippen LogP contribution in [0, 0.1) is 6.92 Å². The average Bonchev–Trinajstić information content (AvgIpc) is 3.13. The molecule has 8 rings (SSSR count). The molecule has 0 aliphatic carbocycles. The van der Waals surface area contributed by atoms with Crippen LogP contribution in [0.5, 0.6) is 0 Å². The lowest BCUT2D eigenvalue weighted by molar-refractivity contribution is 0.574. The standard InChI is InChI=1S/C51H55BN2/c1-34-30-45-47-46(31-34)54(51(11,36-18-14-12-15-19-36)37-20-16-13-17-21-37)44-33-39(50(8,9)10)25-29-42(44)52(47)41-28-24-38(49(5,6)7)32-43(41)53(45)40-26-22-35(23-27-40)48(2,3)4/h12-33H,1-11H3. The molecule has 6 aromatic rings. The normalized spacial score (nSPS) is 14.1. The van der Waals surface area contributed by atoms with Crippen molar-refractivity contribution in [2.75, 3.05) is 9.80 Å². The third-order valence-corrected chi connectivity index (χ3v) is 12.1. The number of benzene rings is 6. The van der Waals surface area contributed by atoms with Gasteiger partial charge in [-0.05, 0) is 116 Å². The monoisotopic (exact) mass is 706 g/mol. The highest BCUT2D eigenvalue weighted by Crippen LogP contribution is 2.49. The van der Waals surface area contributed by atoms with Gasteiger partial charge in [-0.15, -0.1) is 0 Å². The van der Waals surface area contributed by atoms with Gasteiger partial charge >= 0.3 is 0 Å². The van der Waals surface area contributed by atoms with Gasteiger partial charge in [0.2, 0.25) is 0 Å². The Labute approximate surface area is 325 Å². The van der Waals surface area contributed by atoms with E-state index in [9.17, 15) is 0 Å². The van der Waals surface area contributed by atoms with Crippen molar-refractivity contribution in [3.63, 3.8) is 0 Å². The summed E-state index contributed by atoms with van der Waals surface area (Å²) in [7, 11) is 0. The van der Waals surface area contributed by atoms with Crippen LogP contribution in [0.2, 0.25) is 0 Å². The van der Waals surface area contributed by atoms with Crippen molar-refractivity contribution < 1.29 is 0 Å². The fourth-order valence-electron chi connectivity index (χ4n) is 8.88. The summed E-state index contributed by atoms with van der Waals surface area (Å²) >= 11 is 0. The second-order valence-electron chi connectivity index (χ2n) is 19.0. The van der Waals surface area contributed by atoms with Gasteiger partial charge in [0.05, 0.1) is 5.54 Å². The van der Waals surface area contributed by atoms with Gasteiger partial charge in [0.25, 0.3) is 6.71 Å². The summed E-state index contributed by atoms with van der Waals surface area (Å²) in [6.45, 7) is 25.6. The zero-order valence-corrected chi connectivity index (χ0v) is 34.2. The van der Waals surface area contributed by atoms with Crippen LogP contribution in [-0.4, -0.2) is 6.71 Å². The lowest BCUT2D eigenvalue weighted by atomic mass is 9.33. The van der Waals surface area contributed by atoms with Gasteiger partial charge < -0.3 is 9.80 Å². The highest BCUT2D eigenvalue weighted by molar-refractivity contribution is 7.00. The maximum Gasteiger partial charge on any atom is 0.252 e. The van der Waals surface area contributed by atoms with E-state index in [4.69, 9.17) is 0 Å². The fraction of sp³-hybridized carbons (Fsp3) is 0.294. The molecule has 54 heavy (non-hydrogen) atoms. The van der Waals surface area contributed by atoms with Crippen molar-refractivity contribution in [3.8, 4) is 0 Å². The third kappa shape index (κ3) is 5.79. The maximum atomic E-state index is 2.69. The van der Waals surface area contributed by atoms with E-state index < -0.39 is 5.54 Å². The number of anilines is 5. The Balaban J connectivity index is 1.50. The zero-order chi connectivity index (χ0) is 38.4. The predicted molar refractivity (Wildman–Crippen MR) is 235 cm³/mol. The Bertz CT molecular complexity index is 2310. The first-order valence-electron chi connectivity index (χ1n) is 19.7. The molecule has 0 aromatic heterocycles. The van der Waals surface area contributed by atoms with E-state index in [-0.39, 0.29) is 23.0 Å². The summed E-state index contributed by atoms with van der Waals surface area (Å²) in [5, 5.41) is 0. The van der Waals surface area contributed by atoms with Crippen LogP contribution in [0.25, 0.3) is 0 Å². The van der Waals surface area contributed by atoms with Gasteiger partial charge in [-0.2, -0.15) is 0 Å². The van der Waals surface area contributed by atoms with Gasteiger partial charge in [0.15, 0.2) is 0 Å². The molecule has 272 valence electrons. The smallest absolute Gasteiger partial charge is 0.252 e. The molecular weight excluding hydrogens is 651 g/mol. The Hall–Kier alpha value is -5.02. The molecule has 6 aromatic carbocycles. The zero-order valence-electron chi connectivity index (χ0n) is 34.2. The SMILES string of the molecule is Cc1cc2c3c(c1)N(C(C)(c1ccccc1)c1ccccc1)c1cc(C(C)(C)C)ccc1B3c1ccc(C(C)(C)C)cc1N2c1ccc(C(C)(C)C)cc1. The lowest BCUT2D eigenvalue weighted by Gasteiger charge is -2.51. The van der Waals surface area contributed by atoms with Gasteiger partial charge in [-0.25, -0.2) is 0 Å². The fourth-order valence-corrected chi connectivity index (χ4v) is 8.88. The molecule has 0 atom stereocenters. The quantitative estimate of drug-likeness (QED) is 0.168. The highest BCUT2D eigenvalue weighted by Gasteiger charge is 2.48. The number of fused-ring (bicyclic) bond motifs is 4. The van der Waals surface area contributed by atoms with Gasteiger partial charge in [-0.1, -0.05) is 159 Å². The number of aryl methyl sites for hydroxylation is 1. The first-order chi connectivity index (χ1) is 25.5. The van der Waals surface area contributed by atoms with Crippen molar-refractivity contribution in [1.29, 1.82) is 0 Å². The van der Waals surface area contributed by atoms with E-state index >= 15 is 0 Å². The summed E-state index contributed by atoms with van der Waals surface area (Å²) in [4.78, 5) is 5.26. The molecular formula is C51H55BN2. The molecule has 0 bridgehead atoms. The minimum Gasteiger partial charge on any atom is -0.328 e. The van der Waals surface area contributed by atoms with Crippen molar-refractivity contribution in [2.45, 2.75) is 97.9 Å². The topological polar surface area (TPSA) is 6.48 Å². The number of hydrogen-bond acceptors (Lipinski definition) is 2. The van der Waals surface area contributed by atoms with Crippen LogP contribution in [0.15, 0.2) is 133 Å². The molecule has 0 fully saturated rings. The molecule has 2 aliphatic rings. The predicted octanol–water partition coefficient (Wildman–Crippen LogP) is 11.6. The molecule has 2 nitrogen and oxygen atoms in total. The molecule has 0 N–H and O–H groups in total. The van der Waals surface area contributed by atoms with E-state index in [0.717, 1.165) is 0 Å². The third-order valence-electron chi connectivity index (χ3n) is 12.1. The van der Waals surface area contributed by atoms with Crippen LogP contribution in [0.1, 0.15) is 103 Å². The molecule has 0 unspecified atom stereocenters. The molecule has 2 heterocycles. The van der Waals surface area contributed by atoms with Crippen LogP contribution in [-0.2, 0) is 21.8 Å². The summed E-state index contributed by atoms with van der Waals surface area (Å²) in [5.41, 5.74) is 17.7. The Morgan fingerprint density at radius 1 is 0.407 bits per heavy atom. The molecule has 3 heteroatoms. The molecule has 0 spiro atoms. The molecule has 0 amide bonds. The van der Waals surface area contributed by atoms with Crippen molar-refractivity contribution >= 4 is 51.5 Å². The van der Waals surface area contributed by atoms with Crippen molar-refractivity contribution in [1.82, 2.24) is 0 Å². The first kappa shape index (κ1) is 36.0. The van der Waals surface area contributed by atoms with E-state index in [2.05, 4.69) is 219 Å². The second-order valence-corrected chi connectivity index (χ2v) is 19.0. The van der Waals surface area contributed by atoms with E-state index in [1.165, 1.54) is 78.2 Å². The first-order valence-corrected chi connectivity index (χ1v) is 19.7. The van der Waals surface area contributed by atoms with Crippen LogP contribution < -0.4 is 26.2 Å². The Kier molecular flexibility index (Phi) is 8.34. The summed E-state index contributed by atoms with van der Waals surface area (Å²) < 4.78 is 0. The molecule has 0 saturated heterocycles. The van der Waals surface area contributed by atoms with Gasteiger partial charge in [-0.3, -0.25) is 0 Å². The Morgan fingerprint density at radius 2 is 0.852 bits per heavy atom. The lowest BCUT2D eigenvalue weighted by Crippen LogP contribution is -2.64. The minimum atomic E-state index is -0.518. The van der Waals surface area contributed by atoms with Crippen LogP contribution >= 0.6 is 0 Å². The van der Waals surface area contributed by atoms with E-state index in [1.54, 1.807) is 0 Å². The summed E-state index contributed by atoms with van der Waals surface area (Å²) in [6.07, 6.45) is 0. The number of nitrogens with zero attached hydrogens (tertiary/aromatic N) is 2. The van der Waals surface area contributed by atoms with Gasteiger partial charge in [0.1, 0.15) is 0 Å². The highest BCUT2D eigenvalue weighted by atomic mass is 15.2. The van der Waals surface area contributed by atoms with E-state index in [0.29, 0.717) is 0 Å². The molecule has 0 radical (unpaired) electrons. The van der Waals surface area contributed by atoms with Crippen LogP contribution in [0.4, 0.5) is 28.4 Å². The van der Waals surface area contributed by atoms with Crippen molar-refractivity contribution in [2.24, 2.45) is 0 Å². The van der Waals surface area contributed by atoms with Crippen LogP contribution in [0.3, 0.4) is 0 Å². The maximum absolute atomic E-state index is 2.69. The minimum absolute atomic E-state index is 0.00486. The average molecular weight is 707 g/mol. The Morgan fingerprint density at radius 3 is 1.35 bits per heavy atom. The van der Waals surface area contributed by atoms with Gasteiger partial charge in [0, 0.05) is 28.4 Å². The molecule has 2 aliphatic heterocycles. The second kappa shape index (κ2) is 12.5. The number of rotatable bonds is 4. The van der Waals surface area contributed by atoms with E-state index in [1.807, 2.05) is 0 Å². The summed E-state index contributed by atoms with van der Waals surface area (Å²) in [6, 6.07) is 51.1. The summed E-state index contributed by atoms with van der Waals surface area (Å²) in [5.74, 6) is 0.